The number of pyridine rings is 1. The molecule has 0 radical (unpaired) electrons. The fourth-order valence-corrected chi connectivity index (χ4v) is 4.48. The van der Waals surface area contributed by atoms with Gasteiger partial charge in [0, 0.05) is 55.8 Å². The average molecular weight is 501 g/mol. The molecule has 196 valence electrons. The van der Waals surface area contributed by atoms with Crippen LogP contribution >= 0.6 is 0 Å². The van der Waals surface area contributed by atoms with Crippen LogP contribution in [-0.2, 0) is 22.5 Å². The van der Waals surface area contributed by atoms with E-state index in [1.165, 1.54) is 5.56 Å². The Morgan fingerprint density at radius 1 is 1.16 bits per heavy atom. The lowest BCUT2D eigenvalue weighted by molar-refractivity contribution is -0.113. The van der Waals surface area contributed by atoms with Crippen molar-refractivity contribution in [2.45, 2.75) is 52.5 Å². The minimum atomic E-state index is 0.0734. The minimum Gasteiger partial charge on any atom is -0.384 e. The van der Waals surface area contributed by atoms with E-state index in [1.807, 2.05) is 25.4 Å². The van der Waals surface area contributed by atoms with E-state index in [9.17, 15) is 4.79 Å². The molecule has 1 aromatic carbocycles. The number of carbonyl (C=O) groups excluding carboxylic acids is 1. The van der Waals surface area contributed by atoms with Crippen molar-refractivity contribution in [3.63, 3.8) is 0 Å². The van der Waals surface area contributed by atoms with Crippen molar-refractivity contribution >= 4 is 17.6 Å². The number of benzene rings is 1. The summed E-state index contributed by atoms with van der Waals surface area (Å²) in [5, 5.41) is 0. The first-order valence-corrected chi connectivity index (χ1v) is 13.1. The largest absolute Gasteiger partial charge is 0.384 e. The lowest BCUT2D eigenvalue weighted by Crippen LogP contribution is -2.35. The second-order valence-electron chi connectivity index (χ2n) is 9.46. The predicted molar refractivity (Wildman–Crippen MR) is 153 cm³/mol. The highest BCUT2D eigenvalue weighted by atomic mass is 16.5. The van der Waals surface area contributed by atoms with E-state index in [2.05, 4.69) is 59.2 Å². The molecule has 0 unspecified atom stereocenters. The second-order valence-corrected chi connectivity index (χ2v) is 9.46. The Kier molecular flexibility index (Phi) is 11.0. The fraction of sp³-hybridized carbons (Fsp3) is 0.387. The molecule has 37 heavy (non-hydrogen) atoms. The van der Waals surface area contributed by atoms with Crippen LogP contribution in [-0.4, -0.2) is 48.2 Å². The van der Waals surface area contributed by atoms with Gasteiger partial charge in [0.2, 0.25) is 0 Å². The Bertz CT molecular complexity index is 1160. The predicted octanol–water partition coefficient (Wildman–Crippen LogP) is 5.73. The zero-order valence-corrected chi connectivity index (χ0v) is 22.3. The van der Waals surface area contributed by atoms with Gasteiger partial charge in [0.1, 0.15) is 5.82 Å². The maximum absolute atomic E-state index is 13.1. The van der Waals surface area contributed by atoms with Crippen LogP contribution in [0, 0.1) is 0 Å². The van der Waals surface area contributed by atoms with Gasteiger partial charge in [-0.2, -0.15) is 0 Å². The Morgan fingerprint density at radius 3 is 2.65 bits per heavy atom. The maximum atomic E-state index is 13.1. The molecule has 6 heteroatoms. The molecule has 0 aliphatic carbocycles. The maximum Gasteiger partial charge on any atom is 0.162 e. The molecule has 6 nitrogen and oxygen atoms in total. The van der Waals surface area contributed by atoms with Crippen LogP contribution in [0.25, 0.3) is 16.7 Å². The van der Waals surface area contributed by atoms with Crippen LogP contribution in [0.1, 0.15) is 56.2 Å². The van der Waals surface area contributed by atoms with Gasteiger partial charge in [0.25, 0.3) is 0 Å². The number of hydrogen-bond donors (Lipinski definition) is 1. The van der Waals surface area contributed by atoms with E-state index >= 15 is 0 Å². The summed E-state index contributed by atoms with van der Waals surface area (Å²) in [6.07, 6.45) is 11.3. The van der Waals surface area contributed by atoms with Gasteiger partial charge >= 0.3 is 0 Å². The van der Waals surface area contributed by atoms with Gasteiger partial charge in [-0.1, -0.05) is 44.7 Å². The molecule has 0 atom stereocenters. The van der Waals surface area contributed by atoms with Crippen molar-refractivity contribution in [3.05, 3.63) is 84.0 Å². The number of ether oxygens (including phenoxy) is 1. The van der Waals surface area contributed by atoms with Crippen molar-refractivity contribution in [1.29, 1.82) is 0 Å². The SMILES string of the molecule is C=C(N)N=C/C(=C\C)CCCC(=O)C(=C)c1cc(-c2cncc(CN3CCOCC3)c2)ccc1CCC. The molecule has 1 fully saturated rings. The number of allylic oxidation sites excluding steroid dienone is 3. The summed E-state index contributed by atoms with van der Waals surface area (Å²) < 4.78 is 5.47. The first-order chi connectivity index (χ1) is 17.9. The Labute approximate surface area is 221 Å². The number of rotatable bonds is 13. The third-order valence-electron chi connectivity index (χ3n) is 6.57. The summed E-state index contributed by atoms with van der Waals surface area (Å²) >= 11 is 0. The van der Waals surface area contributed by atoms with E-state index in [4.69, 9.17) is 10.5 Å². The smallest absolute Gasteiger partial charge is 0.162 e. The number of carbonyl (C=O) groups is 1. The van der Waals surface area contributed by atoms with Gasteiger partial charge in [-0.3, -0.25) is 14.7 Å². The average Bonchev–Trinajstić information content (AvgIpc) is 2.91. The number of ketones is 1. The van der Waals surface area contributed by atoms with Crippen LogP contribution in [0.2, 0.25) is 0 Å². The molecule has 1 saturated heterocycles. The van der Waals surface area contributed by atoms with Crippen LogP contribution in [0.5, 0.6) is 0 Å². The number of aliphatic imine (C=N–C) groups is 1. The molecular formula is C31H40N4O2. The molecule has 3 rings (SSSR count). The Morgan fingerprint density at radius 2 is 1.95 bits per heavy atom. The summed E-state index contributed by atoms with van der Waals surface area (Å²) in [5.74, 6) is 0.346. The Hall–Kier alpha value is -3.35. The first kappa shape index (κ1) is 28.2. The number of aryl methyl sites for hydroxylation is 1. The van der Waals surface area contributed by atoms with Crippen molar-refractivity contribution in [2.75, 3.05) is 26.3 Å². The number of nitrogens with two attached hydrogens (primary N) is 1. The van der Waals surface area contributed by atoms with E-state index in [-0.39, 0.29) is 11.6 Å². The second kappa shape index (κ2) is 14.4. The van der Waals surface area contributed by atoms with E-state index in [0.29, 0.717) is 12.0 Å². The lowest BCUT2D eigenvalue weighted by Gasteiger charge is -2.26. The molecule has 0 spiro atoms. The summed E-state index contributed by atoms with van der Waals surface area (Å²) in [5.41, 5.74) is 12.5. The standard InChI is InChI=1S/C31H40N4O2/c1-5-8-27-11-12-28(29-17-26(19-33-21-29)22-35-13-15-37-16-14-35)18-30(27)23(3)31(36)10-7-9-25(6-2)20-34-24(4)32/h6,11-12,17-21H,3-5,7-10,13-16,22,32H2,1-2H3/b25-6-,34-20?. The third kappa shape index (κ3) is 8.62. The molecule has 1 aliphatic heterocycles. The fourth-order valence-electron chi connectivity index (χ4n) is 4.48. The number of hydrogen-bond acceptors (Lipinski definition) is 6. The van der Waals surface area contributed by atoms with Crippen LogP contribution < -0.4 is 5.73 Å². The van der Waals surface area contributed by atoms with Gasteiger partial charge in [-0.05, 0) is 66.1 Å². The van der Waals surface area contributed by atoms with Crippen molar-refractivity contribution in [2.24, 2.45) is 10.7 Å². The van der Waals surface area contributed by atoms with E-state index in [1.54, 1.807) is 6.21 Å². The number of morpholine rings is 1. The van der Waals surface area contributed by atoms with E-state index in [0.717, 1.165) is 86.4 Å². The molecular weight excluding hydrogens is 460 g/mol. The molecule has 2 aromatic rings. The molecule has 0 amide bonds. The zero-order chi connectivity index (χ0) is 26.6. The third-order valence-corrected chi connectivity index (χ3v) is 6.57. The normalized spacial score (nSPS) is 14.7. The van der Waals surface area contributed by atoms with Gasteiger partial charge in [-0.25, -0.2) is 4.99 Å². The molecule has 0 saturated carbocycles. The zero-order valence-electron chi connectivity index (χ0n) is 22.3. The summed E-state index contributed by atoms with van der Waals surface area (Å²) in [4.78, 5) is 24.1. The first-order valence-electron chi connectivity index (χ1n) is 13.1. The van der Waals surface area contributed by atoms with Gasteiger partial charge in [0.15, 0.2) is 5.78 Å². The molecule has 1 aliphatic rings. The van der Waals surface area contributed by atoms with Crippen LogP contribution in [0.3, 0.4) is 0 Å². The number of nitrogens with zero attached hydrogens (tertiary/aromatic N) is 3. The summed E-state index contributed by atoms with van der Waals surface area (Å²) in [6, 6.07) is 8.57. The minimum absolute atomic E-state index is 0.0734. The topological polar surface area (TPSA) is 80.8 Å². The molecule has 2 N–H and O–H groups in total. The quantitative estimate of drug-likeness (QED) is 0.280. The monoisotopic (exact) mass is 500 g/mol. The highest BCUT2D eigenvalue weighted by Crippen LogP contribution is 2.29. The lowest BCUT2D eigenvalue weighted by atomic mass is 9.90. The molecule has 0 bridgehead atoms. The van der Waals surface area contributed by atoms with Gasteiger partial charge < -0.3 is 10.5 Å². The highest BCUT2D eigenvalue weighted by molar-refractivity contribution is 6.20. The van der Waals surface area contributed by atoms with Crippen molar-refractivity contribution < 1.29 is 9.53 Å². The highest BCUT2D eigenvalue weighted by Gasteiger charge is 2.16. The summed E-state index contributed by atoms with van der Waals surface area (Å²) in [6.45, 7) is 16.2. The van der Waals surface area contributed by atoms with Crippen molar-refractivity contribution in [3.8, 4) is 11.1 Å². The molecule has 2 heterocycles. The Balaban J connectivity index is 1.74. The molecule has 1 aromatic heterocycles. The van der Waals surface area contributed by atoms with Gasteiger partial charge in [0.05, 0.1) is 13.2 Å². The van der Waals surface area contributed by atoms with Crippen molar-refractivity contribution in [1.82, 2.24) is 9.88 Å². The van der Waals surface area contributed by atoms with Gasteiger partial charge in [-0.15, -0.1) is 0 Å². The number of Topliss-reactive ketones (excluding diaryl/α,β-unsaturated/α-hetero) is 1. The van der Waals surface area contributed by atoms with Crippen LogP contribution in [0.15, 0.2) is 72.3 Å². The van der Waals surface area contributed by atoms with E-state index < -0.39 is 0 Å². The van der Waals surface area contributed by atoms with Crippen LogP contribution in [0.4, 0.5) is 0 Å². The summed E-state index contributed by atoms with van der Waals surface area (Å²) in [7, 11) is 0. The number of aromatic nitrogens is 1.